The molecule has 0 bridgehead atoms. The lowest BCUT2D eigenvalue weighted by Crippen LogP contribution is -3.06. The minimum Gasteiger partial charge on any atom is -0.469 e. The van der Waals surface area contributed by atoms with E-state index in [2.05, 4.69) is 26.3 Å². The van der Waals surface area contributed by atoms with E-state index in [1.54, 1.807) is 0 Å². The average Bonchev–Trinajstić information content (AvgIpc) is 2.86. The predicted octanol–water partition coefficient (Wildman–Crippen LogP) is 0.623. The van der Waals surface area contributed by atoms with Crippen molar-refractivity contribution in [3.63, 3.8) is 0 Å². The highest BCUT2D eigenvalue weighted by Crippen LogP contribution is 2.36. The SMILES string of the molecule is CCCCC[C@H]1[C@H](CC(=O)OC)CC[C@@H]1[NH2+]CCC[NH+](C)C. The van der Waals surface area contributed by atoms with Crippen molar-refractivity contribution < 1.29 is 19.7 Å². The molecule has 0 heterocycles. The molecule has 1 saturated carbocycles. The van der Waals surface area contributed by atoms with Crippen molar-refractivity contribution in [3.8, 4) is 0 Å². The molecule has 1 aliphatic carbocycles. The summed E-state index contributed by atoms with van der Waals surface area (Å²) in [5.74, 6) is 1.23. The number of ether oxygens (including phenoxy) is 1. The van der Waals surface area contributed by atoms with Crippen LogP contribution in [-0.2, 0) is 9.53 Å². The van der Waals surface area contributed by atoms with Crippen LogP contribution in [0.4, 0.5) is 0 Å². The van der Waals surface area contributed by atoms with E-state index in [0.29, 0.717) is 18.3 Å². The van der Waals surface area contributed by atoms with E-state index in [0.717, 1.165) is 6.04 Å². The van der Waals surface area contributed by atoms with Gasteiger partial charge >= 0.3 is 5.97 Å². The molecule has 0 amide bonds. The van der Waals surface area contributed by atoms with Crippen molar-refractivity contribution in [1.82, 2.24) is 0 Å². The topological polar surface area (TPSA) is 47.3 Å². The normalized spacial score (nSPS) is 24.9. The first-order chi connectivity index (χ1) is 10.6. The minimum atomic E-state index is -0.0256. The summed E-state index contributed by atoms with van der Waals surface area (Å²) in [5, 5.41) is 2.57. The van der Waals surface area contributed by atoms with Crippen LogP contribution in [0.25, 0.3) is 0 Å². The fraction of sp³-hybridized carbons (Fsp3) is 0.944. The van der Waals surface area contributed by atoms with Gasteiger partial charge in [-0.05, 0) is 25.2 Å². The molecule has 0 radical (unpaired) electrons. The number of hydrogen-bond acceptors (Lipinski definition) is 2. The maximum atomic E-state index is 11.7. The van der Waals surface area contributed by atoms with Gasteiger partial charge in [0.15, 0.2) is 0 Å². The quantitative estimate of drug-likeness (QED) is 0.434. The van der Waals surface area contributed by atoms with E-state index in [-0.39, 0.29) is 5.97 Å². The summed E-state index contributed by atoms with van der Waals surface area (Å²) >= 11 is 0. The maximum absolute atomic E-state index is 11.7. The number of nitrogens with two attached hydrogens (primary N) is 1. The molecule has 1 fully saturated rings. The highest BCUT2D eigenvalue weighted by Gasteiger charge is 2.38. The molecule has 3 N–H and O–H groups in total. The van der Waals surface area contributed by atoms with Crippen LogP contribution in [0.1, 0.15) is 58.3 Å². The molecule has 22 heavy (non-hydrogen) atoms. The van der Waals surface area contributed by atoms with Gasteiger partial charge in [-0.1, -0.05) is 26.2 Å². The Balaban J connectivity index is 2.44. The van der Waals surface area contributed by atoms with E-state index in [9.17, 15) is 4.79 Å². The molecule has 0 aliphatic heterocycles. The molecule has 0 aromatic carbocycles. The summed E-state index contributed by atoms with van der Waals surface area (Å²) < 4.78 is 4.89. The minimum absolute atomic E-state index is 0.0256. The second kappa shape index (κ2) is 11.0. The Hall–Kier alpha value is -0.610. The third kappa shape index (κ3) is 7.10. The van der Waals surface area contributed by atoms with E-state index in [4.69, 9.17) is 4.74 Å². The fourth-order valence-corrected chi connectivity index (χ4v) is 3.90. The Labute approximate surface area is 137 Å². The third-order valence-electron chi connectivity index (χ3n) is 5.17. The Kier molecular flexibility index (Phi) is 9.73. The smallest absolute Gasteiger partial charge is 0.305 e. The maximum Gasteiger partial charge on any atom is 0.305 e. The molecular formula is C18H38N2O2+2. The lowest BCUT2D eigenvalue weighted by Gasteiger charge is -2.23. The van der Waals surface area contributed by atoms with Crippen LogP contribution in [0.3, 0.4) is 0 Å². The van der Waals surface area contributed by atoms with Gasteiger partial charge in [0.25, 0.3) is 0 Å². The highest BCUT2D eigenvalue weighted by atomic mass is 16.5. The van der Waals surface area contributed by atoms with Crippen molar-refractivity contribution in [2.75, 3.05) is 34.3 Å². The highest BCUT2D eigenvalue weighted by molar-refractivity contribution is 5.69. The van der Waals surface area contributed by atoms with Gasteiger partial charge in [-0.3, -0.25) is 4.79 Å². The summed E-state index contributed by atoms with van der Waals surface area (Å²) in [4.78, 5) is 13.2. The number of rotatable bonds is 11. The van der Waals surface area contributed by atoms with Crippen molar-refractivity contribution >= 4 is 5.97 Å². The number of esters is 1. The van der Waals surface area contributed by atoms with E-state index >= 15 is 0 Å². The summed E-state index contributed by atoms with van der Waals surface area (Å²) in [7, 11) is 5.95. The number of carbonyl (C=O) groups is 1. The van der Waals surface area contributed by atoms with Crippen LogP contribution in [0.15, 0.2) is 0 Å². The Bertz CT molecular complexity index is 307. The Morgan fingerprint density at radius 3 is 2.64 bits per heavy atom. The molecule has 0 unspecified atom stereocenters. The second-order valence-corrected chi connectivity index (χ2v) is 7.28. The van der Waals surface area contributed by atoms with Crippen molar-refractivity contribution in [1.29, 1.82) is 0 Å². The van der Waals surface area contributed by atoms with E-state index in [1.165, 1.54) is 70.0 Å². The number of methoxy groups -OCH3 is 1. The zero-order valence-electron chi connectivity index (χ0n) is 15.2. The first kappa shape index (κ1) is 19.4. The summed E-state index contributed by atoms with van der Waals surface area (Å²) in [6, 6.07) is 0.726. The molecule has 4 heteroatoms. The molecule has 4 nitrogen and oxygen atoms in total. The zero-order chi connectivity index (χ0) is 16.4. The summed E-state index contributed by atoms with van der Waals surface area (Å²) in [6.45, 7) is 4.73. The van der Waals surface area contributed by atoms with Gasteiger partial charge in [0.05, 0.1) is 40.3 Å². The largest absolute Gasteiger partial charge is 0.469 e. The predicted molar refractivity (Wildman–Crippen MR) is 89.9 cm³/mol. The molecule has 3 atom stereocenters. The Morgan fingerprint density at radius 1 is 1.23 bits per heavy atom. The number of nitrogens with one attached hydrogen (secondary N) is 1. The van der Waals surface area contributed by atoms with Crippen LogP contribution in [-0.4, -0.2) is 46.3 Å². The molecule has 0 aromatic rings. The van der Waals surface area contributed by atoms with Crippen LogP contribution in [0.5, 0.6) is 0 Å². The molecule has 0 spiro atoms. The fourth-order valence-electron chi connectivity index (χ4n) is 3.90. The van der Waals surface area contributed by atoms with Crippen LogP contribution in [0, 0.1) is 11.8 Å². The zero-order valence-corrected chi connectivity index (χ0v) is 15.2. The second-order valence-electron chi connectivity index (χ2n) is 7.28. The first-order valence-electron chi connectivity index (χ1n) is 9.27. The third-order valence-corrected chi connectivity index (χ3v) is 5.17. The molecular weight excluding hydrogens is 276 g/mol. The van der Waals surface area contributed by atoms with Gasteiger partial charge < -0.3 is 15.0 Å². The summed E-state index contributed by atoms with van der Waals surface area (Å²) in [5.41, 5.74) is 0. The lowest BCUT2D eigenvalue weighted by atomic mass is 9.86. The monoisotopic (exact) mass is 314 g/mol. The standard InChI is InChI=1S/C18H36N2O2/c1-5-6-7-9-16-15(14-18(21)22-4)10-11-17(16)19-12-8-13-20(2)3/h15-17,19H,5-14H2,1-4H3/p+2/t15-,16-,17-/m0/s1. The van der Waals surface area contributed by atoms with Gasteiger partial charge in [-0.2, -0.15) is 0 Å². The molecule has 130 valence electrons. The lowest BCUT2D eigenvalue weighted by molar-refractivity contribution is -0.860. The van der Waals surface area contributed by atoms with Crippen LogP contribution >= 0.6 is 0 Å². The molecule has 0 saturated heterocycles. The van der Waals surface area contributed by atoms with Gasteiger partial charge in [0, 0.05) is 18.8 Å². The average molecular weight is 315 g/mol. The summed E-state index contributed by atoms with van der Waals surface area (Å²) in [6.07, 6.45) is 9.56. The first-order valence-corrected chi connectivity index (χ1v) is 9.27. The van der Waals surface area contributed by atoms with Crippen molar-refractivity contribution in [2.24, 2.45) is 11.8 Å². The molecule has 1 rings (SSSR count). The molecule has 1 aliphatic rings. The van der Waals surface area contributed by atoms with Crippen molar-refractivity contribution in [3.05, 3.63) is 0 Å². The Morgan fingerprint density at radius 2 is 2.00 bits per heavy atom. The van der Waals surface area contributed by atoms with Gasteiger partial charge in [-0.15, -0.1) is 0 Å². The number of unbranched alkanes of at least 4 members (excludes halogenated alkanes) is 2. The van der Waals surface area contributed by atoms with Gasteiger partial charge in [0.2, 0.25) is 0 Å². The van der Waals surface area contributed by atoms with E-state index < -0.39 is 0 Å². The number of carbonyl (C=O) groups excluding carboxylic acids is 1. The number of quaternary nitrogens is 2. The number of hydrogen-bond donors (Lipinski definition) is 2. The van der Waals surface area contributed by atoms with E-state index in [1.807, 2.05) is 0 Å². The van der Waals surface area contributed by atoms with Gasteiger partial charge in [0.1, 0.15) is 0 Å². The molecule has 0 aromatic heterocycles. The van der Waals surface area contributed by atoms with Crippen molar-refractivity contribution in [2.45, 2.75) is 64.3 Å². The van der Waals surface area contributed by atoms with Gasteiger partial charge in [-0.25, -0.2) is 0 Å². The van der Waals surface area contributed by atoms with Crippen LogP contribution < -0.4 is 10.2 Å². The van der Waals surface area contributed by atoms with Crippen LogP contribution in [0.2, 0.25) is 0 Å².